The zero-order valence-electron chi connectivity index (χ0n) is 19.0. The van der Waals surface area contributed by atoms with Gasteiger partial charge in [-0.05, 0) is 37.6 Å². The number of rotatable bonds is 7. The molecule has 0 radical (unpaired) electrons. The lowest BCUT2D eigenvalue weighted by molar-refractivity contribution is -0.133. The Morgan fingerprint density at radius 1 is 1.09 bits per heavy atom. The van der Waals surface area contributed by atoms with Crippen molar-refractivity contribution in [2.24, 2.45) is 0 Å². The van der Waals surface area contributed by atoms with Crippen LogP contribution in [0.1, 0.15) is 29.8 Å². The molecule has 4 amide bonds. The average molecular weight is 469 g/mol. The fourth-order valence-electron chi connectivity index (χ4n) is 3.85. The molecule has 2 aromatic rings. The highest BCUT2D eigenvalue weighted by Gasteiger charge is 2.49. The van der Waals surface area contributed by atoms with E-state index in [1.807, 2.05) is 0 Å². The molecule has 1 atom stereocenters. The number of ether oxygens (including phenoxy) is 4. The molecule has 2 aliphatic heterocycles. The molecule has 0 saturated carbocycles. The number of Topliss-reactive ketones (excluding diaryl/α,β-unsaturated/α-hetero) is 1. The number of fused-ring (bicyclic) bond motifs is 1. The second-order valence-corrected chi connectivity index (χ2v) is 7.87. The molecule has 1 fully saturated rings. The molecule has 11 heteroatoms. The van der Waals surface area contributed by atoms with Crippen LogP contribution in [-0.4, -0.2) is 56.1 Å². The first-order chi connectivity index (χ1) is 16.2. The molecule has 1 saturated heterocycles. The van der Waals surface area contributed by atoms with E-state index in [1.165, 1.54) is 40.2 Å². The average Bonchev–Trinajstić information content (AvgIpc) is 3.35. The van der Waals surface area contributed by atoms with Gasteiger partial charge in [0, 0.05) is 11.6 Å². The van der Waals surface area contributed by atoms with E-state index in [-0.39, 0.29) is 23.8 Å². The van der Waals surface area contributed by atoms with Crippen LogP contribution in [0.25, 0.3) is 0 Å². The number of nitrogens with one attached hydrogen (secondary N) is 2. The molecule has 2 heterocycles. The van der Waals surface area contributed by atoms with Gasteiger partial charge in [0.15, 0.2) is 28.8 Å². The number of nitrogens with zero attached hydrogens (tertiary/aromatic N) is 1. The van der Waals surface area contributed by atoms with E-state index < -0.39 is 29.9 Å². The monoisotopic (exact) mass is 469 g/mol. The van der Waals surface area contributed by atoms with Crippen molar-refractivity contribution in [1.82, 2.24) is 10.2 Å². The maximum Gasteiger partial charge on any atom is 0.325 e. The Morgan fingerprint density at radius 2 is 1.76 bits per heavy atom. The minimum Gasteiger partial charge on any atom is -0.493 e. The summed E-state index contributed by atoms with van der Waals surface area (Å²) in [5.74, 6) is 0.0367. The van der Waals surface area contributed by atoms with Crippen molar-refractivity contribution in [3.8, 4) is 23.0 Å². The summed E-state index contributed by atoms with van der Waals surface area (Å²) in [5, 5.41) is 5.22. The first-order valence-corrected chi connectivity index (χ1v) is 10.3. The minimum atomic E-state index is -1.42. The van der Waals surface area contributed by atoms with Gasteiger partial charge in [0.05, 0.1) is 19.9 Å². The second-order valence-electron chi connectivity index (χ2n) is 7.87. The van der Waals surface area contributed by atoms with Crippen LogP contribution in [0.5, 0.6) is 23.0 Å². The minimum absolute atomic E-state index is 0.00125. The standard InChI is InChI=1S/C23H23N3O8/c1-12(27)14-8-18-19(34-11-33-18)9-15(14)24-20(28)10-26-21(29)23(2,25-22(26)30)13-5-6-16(31-3)17(7-13)32-4/h5-9H,10-11H2,1-4H3,(H,24,28)(H,25,30)/t23-/m1/s1. The lowest BCUT2D eigenvalue weighted by Gasteiger charge is -2.23. The Kier molecular flexibility index (Phi) is 5.78. The fraction of sp³-hybridized carbons (Fsp3) is 0.304. The van der Waals surface area contributed by atoms with E-state index in [1.54, 1.807) is 18.2 Å². The smallest absolute Gasteiger partial charge is 0.325 e. The molecule has 0 aliphatic carbocycles. The molecular formula is C23H23N3O8. The van der Waals surface area contributed by atoms with Crippen LogP contribution in [0, 0.1) is 0 Å². The molecule has 2 aromatic carbocycles. The highest BCUT2D eigenvalue weighted by Crippen LogP contribution is 2.38. The third kappa shape index (κ3) is 3.85. The van der Waals surface area contributed by atoms with Crippen LogP contribution in [0.2, 0.25) is 0 Å². The topological polar surface area (TPSA) is 132 Å². The summed E-state index contributed by atoms with van der Waals surface area (Å²) in [6, 6.07) is 7.06. The summed E-state index contributed by atoms with van der Waals surface area (Å²) in [6.07, 6.45) is 0. The van der Waals surface area contributed by atoms with Gasteiger partial charge in [-0.1, -0.05) is 6.07 Å². The van der Waals surface area contributed by atoms with E-state index in [0.29, 0.717) is 28.6 Å². The summed E-state index contributed by atoms with van der Waals surface area (Å²) in [7, 11) is 2.95. The Morgan fingerprint density at radius 3 is 2.41 bits per heavy atom. The number of carbonyl (C=O) groups excluding carboxylic acids is 4. The summed E-state index contributed by atoms with van der Waals surface area (Å²) < 4.78 is 21.1. The van der Waals surface area contributed by atoms with Crippen LogP contribution in [0.4, 0.5) is 10.5 Å². The molecule has 0 spiro atoms. The Labute approximate surface area is 194 Å². The number of hydrogen-bond donors (Lipinski definition) is 2. The van der Waals surface area contributed by atoms with Gasteiger partial charge in [-0.15, -0.1) is 0 Å². The van der Waals surface area contributed by atoms with Gasteiger partial charge in [0.1, 0.15) is 12.1 Å². The van der Waals surface area contributed by atoms with E-state index in [4.69, 9.17) is 18.9 Å². The molecule has 0 aromatic heterocycles. The van der Waals surface area contributed by atoms with Crippen molar-refractivity contribution < 1.29 is 38.1 Å². The van der Waals surface area contributed by atoms with Crippen LogP contribution in [0.3, 0.4) is 0 Å². The fourth-order valence-corrected chi connectivity index (χ4v) is 3.85. The maximum absolute atomic E-state index is 13.2. The van der Waals surface area contributed by atoms with Crippen molar-refractivity contribution in [2.45, 2.75) is 19.4 Å². The van der Waals surface area contributed by atoms with E-state index in [9.17, 15) is 19.2 Å². The Balaban J connectivity index is 1.54. The van der Waals surface area contributed by atoms with Gasteiger partial charge in [-0.3, -0.25) is 19.3 Å². The van der Waals surface area contributed by atoms with Crippen molar-refractivity contribution in [1.29, 1.82) is 0 Å². The largest absolute Gasteiger partial charge is 0.493 e. The van der Waals surface area contributed by atoms with Crippen LogP contribution in [0.15, 0.2) is 30.3 Å². The zero-order chi connectivity index (χ0) is 24.6. The Bertz CT molecular complexity index is 1210. The lowest BCUT2D eigenvalue weighted by atomic mass is 9.91. The summed E-state index contributed by atoms with van der Waals surface area (Å²) in [6.45, 7) is 2.33. The van der Waals surface area contributed by atoms with Gasteiger partial charge in [-0.25, -0.2) is 4.79 Å². The number of benzene rings is 2. The normalized spacial score (nSPS) is 18.5. The van der Waals surface area contributed by atoms with Crippen LogP contribution >= 0.6 is 0 Å². The summed E-state index contributed by atoms with van der Waals surface area (Å²) >= 11 is 0. The van der Waals surface area contributed by atoms with E-state index in [2.05, 4.69) is 10.6 Å². The first kappa shape index (κ1) is 22.9. The highest BCUT2D eigenvalue weighted by molar-refractivity contribution is 6.11. The van der Waals surface area contributed by atoms with Gasteiger partial charge >= 0.3 is 6.03 Å². The van der Waals surface area contributed by atoms with Crippen molar-refractivity contribution in [2.75, 3.05) is 32.9 Å². The number of amides is 4. The van der Waals surface area contributed by atoms with Crippen molar-refractivity contribution >= 4 is 29.3 Å². The van der Waals surface area contributed by atoms with Gasteiger partial charge in [0.25, 0.3) is 5.91 Å². The third-order valence-electron chi connectivity index (χ3n) is 5.70. The van der Waals surface area contributed by atoms with Gasteiger partial charge in [-0.2, -0.15) is 0 Å². The number of imide groups is 1. The molecule has 2 N–H and O–H groups in total. The number of anilines is 1. The predicted octanol–water partition coefficient (Wildman–Crippen LogP) is 2.04. The summed E-state index contributed by atoms with van der Waals surface area (Å²) in [4.78, 5) is 51.5. The first-order valence-electron chi connectivity index (χ1n) is 10.3. The molecule has 34 heavy (non-hydrogen) atoms. The molecule has 2 aliphatic rings. The lowest BCUT2D eigenvalue weighted by Crippen LogP contribution is -2.42. The molecule has 0 bridgehead atoms. The number of methoxy groups -OCH3 is 2. The number of ketones is 1. The second kappa shape index (κ2) is 8.58. The zero-order valence-corrected chi connectivity index (χ0v) is 19.0. The Hall–Kier alpha value is -4.28. The molecule has 178 valence electrons. The van der Waals surface area contributed by atoms with E-state index >= 15 is 0 Å². The number of urea groups is 1. The molecular weight excluding hydrogens is 446 g/mol. The van der Waals surface area contributed by atoms with Gasteiger partial charge < -0.3 is 29.6 Å². The summed E-state index contributed by atoms with van der Waals surface area (Å²) in [5.41, 5.74) is -0.553. The molecule has 0 unspecified atom stereocenters. The maximum atomic E-state index is 13.2. The predicted molar refractivity (Wildman–Crippen MR) is 118 cm³/mol. The SMILES string of the molecule is COc1ccc([C@@]2(C)NC(=O)N(CC(=O)Nc3cc4c(cc3C(C)=O)OCO4)C2=O)cc1OC. The molecule has 4 rings (SSSR count). The van der Waals surface area contributed by atoms with Crippen molar-refractivity contribution in [3.05, 3.63) is 41.5 Å². The van der Waals surface area contributed by atoms with E-state index in [0.717, 1.165) is 4.90 Å². The third-order valence-corrected chi connectivity index (χ3v) is 5.70. The quantitative estimate of drug-likeness (QED) is 0.465. The van der Waals surface area contributed by atoms with Crippen LogP contribution in [-0.2, 0) is 15.1 Å². The number of hydrogen-bond acceptors (Lipinski definition) is 8. The highest BCUT2D eigenvalue weighted by atomic mass is 16.7. The number of carbonyl (C=O) groups is 4. The van der Waals surface area contributed by atoms with Gasteiger partial charge in [0.2, 0.25) is 12.7 Å². The van der Waals surface area contributed by atoms with Crippen molar-refractivity contribution in [3.63, 3.8) is 0 Å². The van der Waals surface area contributed by atoms with Crippen LogP contribution < -0.4 is 29.6 Å². The molecule has 11 nitrogen and oxygen atoms in total.